The van der Waals surface area contributed by atoms with Crippen molar-refractivity contribution in [1.29, 1.82) is 0 Å². The van der Waals surface area contributed by atoms with Gasteiger partial charge in [-0.05, 0) is 44.0 Å². The molecule has 0 spiro atoms. The van der Waals surface area contributed by atoms with Crippen molar-refractivity contribution >= 4 is 17.3 Å². The van der Waals surface area contributed by atoms with Crippen LogP contribution in [-0.4, -0.2) is 16.0 Å². The first kappa shape index (κ1) is 12.7. The first-order valence-corrected chi connectivity index (χ1v) is 6.61. The molecule has 2 heterocycles. The van der Waals surface area contributed by atoms with E-state index in [0.29, 0.717) is 18.1 Å². The first-order valence-electron chi connectivity index (χ1n) is 6.61. The summed E-state index contributed by atoms with van der Waals surface area (Å²) >= 11 is 0. The molecule has 0 bridgehead atoms. The van der Waals surface area contributed by atoms with Crippen molar-refractivity contribution in [1.82, 2.24) is 10.1 Å². The summed E-state index contributed by atoms with van der Waals surface area (Å²) in [5, 5.41) is 9.98. The molecule has 2 aromatic rings. The fourth-order valence-electron chi connectivity index (χ4n) is 2.27. The average Bonchev–Trinajstić information content (AvgIpc) is 2.86. The Morgan fingerprint density at radius 3 is 3.00 bits per heavy atom. The van der Waals surface area contributed by atoms with Crippen molar-refractivity contribution in [2.75, 3.05) is 10.6 Å². The summed E-state index contributed by atoms with van der Waals surface area (Å²) in [6, 6.07) is 5.84. The van der Waals surface area contributed by atoms with Crippen molar-refractivity contribution in [3.8, 4) is 0 Å². The Kier molecular flexibility index (Phi) is 3.14. The van der Waals surface area contributed by atoms with Gasteiger partial charge in [-0.1, -0.05) is 5.16 Å². The lowest BCUT2D eigenvalue weighted by molar-refractivity contribution is -0.116. The number of carbonyl (C=O) groups excluding carboxylic acids is 1. The molecule has 0 aliphatic carbocycles. The number of anilines is 2. The van der Waals surface area contributed by atoms with Gasteiger partial charge in [0.1, 0.15) is 6.04 Å². The van der Waals surface area contributed by atoms with Crippen molar-refractivity contribution in [3.63, 3.8) is 0 Å². The van der Waals surface area contributed by atoms with Crippen LogP contribution in [0.15, 0.2) is 22.7 Å². The number of hydrogen-bond donors (Lipinski definition) is 2. The summed E-state index contributed by atoms with van der Waals surface area (Å²) in [5.74, 6) is 1.27. The van der Waals surface area contributed by atoms with Crippen LogP contribution in [0.3, 0.4) is 0 Å². The Balaban J connectivity index is 1.76. The molecular formula is C14H16N4O2. The number of hydrogen-bond acceptors (Lipinski definition) is 5. The molecule has 0 radical (unpaired) electrons. The normalized spacial score (nSPS) is 15.4. The van der Waals surface area contributed by atoms with Crippen LogP contribution in [0, 0.1) is 6.92 Å². The van der Waals surface area contributed by atoms with Crippen LogP contribution in [0.5, 0.6) is 0 Å². The summed E-state index contributed by atoms with van der Waals surface area (Å²) in [4.78, 5) is 15.5. The van der Waals surface area contributed by atoms with Gasteiger partial charge in [0.2, 0.25) is 11.8 Å². The van der Waals surface area contributed by atoms with Gasteiger partial charge in [0.25, 0.3) is 0 Å². The summed E-state index contributed by atoms with van der Waals surface area (Å²) in [5.41, 5.74) is 3.01. The van der Waals surface area contributed by atoms with Crippen LogP contribution in [-0.2, 0) is 11.2 Å². The van der Waals surface area contributed by atoms with Gasteiger partial charge >= 0.3 is 0 Å². The zero-order valence-electron chi connectivity index (χ0n) is 11.4. The van der Waals surface area contributed by atoms with E-state index in [1.54, 1.807) is 6.92 Å². The molecule has 3 rings (SSSR count). The molecule has 1 aromatic heterocycles. The molecule has 20 heavy (non-hydrogen) atoms. The number of nitrogens with zero attached hydrogens (tertiary/aromatic N) is 2. The molecule has 2 N–H and O–H groups in total. The van der Waals surface area contributed by atoms with E-state index in [1.165, 1.54) is 0 Å². The maximum absolute atomic E-state index is 11.3. The lowest BCUT2D eigenvalue weighted by Crippen LogP contribution is -2.19. The Morgan fingerprint density at radius 1 is 1.40 bits per heavy atom. The summed E-state index contributed by atoms with van der Waals surface area (Å²) in [7, 11) is 0. The molecule has 1 aliphatic heterocycles. The predicted molar refractivity (Wildman–Crippen MR) is 74.5 cm³/mol. The molecule has 6 nitrogen and oxygen atoms in total. The van der Waals surface area contributed by atoms with Gasteiger partial charge in [-0.3, -0.25) is 4.79 Å². The van der Waals surface area contributed by atoms with Gasteiger partial charge in [0.05, 0.1) is 0 Å². The van der Waals surface area contributed by atoms with E-state index in [9.17, 15) is 4.79 Å². The van der Waals surface area contributed by atoms with Crippen LogP contribution in [0.4, 0.5) is 11.4 Å². The zero-order chi connectivity index (χ0) is 14.1. The Hall–Kier alpha value is -2.37. The average molecular weight is 272 g/mol. The molecule has 6 heteroatoms. The van der Waals surface area contributed by atoms with E-state index in [0.717, 1.165) is 23.4 Å². The van der Waals surface area contributed by atoms with Gasteiger partial charge in [-0.15, -0.1) is 0 Å². The van der Waals surface area contributed by atoms with E-state index in [2.05, 4.69) is 26.8 Å². The second-order valence-corrected chi connectivity index (χ2v) is 4.97. The van der Waals surface area contributed by atoms with E-state index in [-0.39, 0.29) is 11.9 Å². The minimum Gasteiger partial charge on any atom is -0.374 e. The minimum atomic E-state index is -0.0626. The third-order valence-electron chi connectivity index (χ3n) is 3.30. The number of fused-ring (bicyclic) bond motifs is 1. The Labute approximate surface area is 116 Å². The largest absolute Gasteiger partial charge is 0.374 e. The number of aryl methyl sites for hydroxylation is 2. The number of amides is 1. The molecular weight excluding hydrogens is 256 g/mol. The van der Waals surface area contributed by atoms with Crippen LogP contribution >= 0.6 is 0 Å². The van der Waals surface area contributed by atoms with Gasteiger partial charge in [-0.2, -0.15) is 4.98 Å². The number of benzene rings is 1. The lowest BCUT2D eigenvalue weighted by atomic mass is 10.0. The van der Waals surface area contributed by atoms with Gasteiger partial charge < -0.3 is 15.2 Å². The first-order chi connectivity index (χ1) is 9.61. The van der Waals surface area contributed by atoms with Gasteiger partial charge in [0.15, 0.2) is 5.82 Å². The molecule has 1 aromatic carbocycles. The predicted octanol–water partition coefficient (Wildman–Crippen LogP) is 2.44. The fraction of sp³-hybridized carbons (Fsp3) is 0.357. The second-order valence-electron chi connectivity index (χ2n) is 4.97. The highest BCUT2D eigenvalue weighted by Crippen LogP contribution is 2.27. The molecule has 0 saturated heterocycles. The van der Waals surface area contributed by atoms with Crippen molar-refractivity contribution in [2.24, 2.45) is 0 Å². The summed E-state index contributed by atoms with van der Waals surface area (Å²) < 4.78 is 5.14. The van der Waals surface area contributed by atoms with Crippen LogP contribution in [0.2, 0.25) is 0 Å². The zero-order valence-corrected chi connectivity index (χ0v) is 11.4. The SMILES string of the molecule is Cc1noc([C@@H](C)Nc2ccc3c(c2)CCC(=O)N3)n1. The van der Waals surface area contributed by atoms with Gasteiger partial charge in [-0.25, -0.2) is 0 Å². The van der Waals surface area contributed by atoms with E-state index < -0.39 is 0 Å². The molecule has 104 valence electrons. The van der Waals surface area contributed by atoms with E-state index in [1.807, 2.05) is 19.1 Å². The molecule has 1 amide bonds. The number of carbonyl (C=O) groups is 1. The van der Waals surface area contributed by atoms with Crippen molar-refractivity contribution in [2.45, 2.75) is 32.7 Å². The standard InChI is InChI=1S/C14H16N4O2/c1-8(14-16-9(2)18-20-14)15-11-4-5-12-10(7-11)3-6-13(19)17-12/h4-5,7-8,15H,3,6H2,1-2H3,(H,17,19)/t8-/m1/s1. The molecule has 1 aliphatic rings. The second kappa shape index (κ2) is 4.96. The molecule has 0 fully saturated rings. The number of aromatic nitrogens is 2. The Bertz CT molecular complexity index is 650. The summed E-state index contributed by atoms with van der Waals surface area (Å²) in [6.45, 7) is 3.76. The molecule has 0 saturated carbocycles. The maximum atomic E-state index is 11.3. The van der Waals surface area contributed by atoms with Crippen LogP contribution in [0.1, 0.15) is 36.7 Å². The summed E-state index contributed by atoms with van der Waals surface area (Å²) in [6.07, 6.45) is 1.31. The van der Waals surface area contributed by atoms with Crippen LogP contribution < -0.4 is 10.6 Å². The number of nitrogens with one attached hydrogen (secondary N) is 2. The third-order valence-corrected chi connectivity index (χ3v) is 3.30. The van der Waals surface area contributed by atoms with E-state index >= 15 is 0 Å². The smallest absolute Gasteiger partial charge is 0.248 e. The number of rotatable bonds is 3. The minimum absolute atomic E-state index is 0.0626. The lowest BCUT2D eigenvalue weighted by Gasteiger charge is -2.19. The quantitative estimate of drug-likeness (QED) is 0.897. The van der Waals surface area contributed by atoms with Crippen molar-refractivity contribution < 1.29 is 9.32 Å². The van der Waals surface area contributed by atoms with E-state index in [4.69, 9.17) is 4.52 Å². The molecule has 1 atom stereocenters. The molecule has 0 unspecified atom stereocenters. The monoisotopic (exact) mass is 272 g/mol. The topological polar surface area (TPSA) is 80.0 Å². The van der Waals surface area contributed by atoms with Crippen molar-refractivity contribution in [3.05, 3.63) is 35.5 Å². The highest BCUT2D eigenvalue weighted by Gasteiger charge is 2.16. The fourth-order valence-corrected chi connectivity index (χ4v) is 2.27. The van der Waals surface area contributed by atoms with Crippen LogP contribution in [0.25, 0.3) is 0 Å². The maximum Gasteiger partial charge on any atom is 0.248 e. The third kappa shape index (κ3) is 2.49. The van der Waals surface area contributed by atoms with Gasteiger partial charge in [0, 0.05) is 17.8 Å². The highest BCUT2D eigenvalue weighted by atomic mass is 16.5. The Morgan fingerprint density at radius 2 is 2.25 bits per heavy atom. The highest BCUT2D eigenvalue weighted by molar-refractivity contribution is 5.94.